The molecule has 3 heteroatoms. The van der Waals surface area contributed by atoms with Crippen LogP contribution in [0.5, 0.6) is 0 Å². The lowest BCUT2D eigenvalue weighted by Gasteiger charge is -2.22. The van der Waals surface area contributed by atoms with Gasteiger partial charge in [-0.2, -0.15) is 0 Å². The Morgan fingerprint density at radius 3 is 2.14 bits per heavy atom. The SMILES string of the molecule is CC.CCCCCCCCCCN1CC[C@H](O)C[C@H](CO)C1. The van der Waals surface area contributed by atoms with E-state index in [4.69, 9.17) is 0 Å². The topological polar surface area (TPSA) is 43.7 Å². The van der Waals surface area contributed by atoms with Gasteiger partial charge in [-0.1, -0.05) is 65.7 Å². The molecule has 1 fully saturated rings. The van der Waals surface area contributed by atoms with Gasteiger partial charge >= 0.3 is 0 Å². The third-order valence-electron chi connectivity index (χ3n) is 4.49. The number of hydrogen-bond acceptors (Lipinski definition) is 3. The van der Waals surface area contributed by atoms with Crippen molar-refractivity contribution in [2.75, 3.05) is 26.2 Å². The molecule has 2 N–H and O–H groups in total. The Balaban J connectivity index is 0.00000211. The van der Waals surface area contributed by atoms with Crippen LogP contribution in [-0.4, -0.2) is 47.5 Å². The summed E-state index contributed by atoms with van der Waals surface area (Å²) in [5, 5.41) is 19.1. The summed E-state index contributed by atoms with van der Waals surface area (Å²) >= 11 is 0. The summed E-state index contributed by atoms with van der Waals surface area (Å²) < 4.78 is 0. The van der Waals surface area contributed by atoms with Gasteiger partial charge < -0.3 is 15.1 Å². The molecule has 1 saturated heterocycles. The normalized spacial score (nSPS) is 22.8. The Bertz CT molecular complexity index is 223. The Kier molecular flexibility index (Phi) is 15.7. The summed E-state index contributed by atoms with van der Waals surface area (Å²) in [5.41, 5.74) is 0. The molecule has 0 amide bonds. The van der Waals surface area contributed by atoms with Crippen LogP contribution in [0.25, 0.3) is 0 Å². The average molecular weight is 316 g/mol. The predicted molar refractivity (Wildman–Crippen MR) is 96.2 cm³/mol. The Labute approximate surface area is 139 Å². The largest absolute Gasteiger partial charge is 0.396 e. The van der Waals surface area contributed by atoms with Gasteiger partial charge in [0.15, 0.2) is 0 Å². The smallest absolute Gasteiger partial charge is 0.0556 e. The Morgan fingerprint density at radius 1 is 0.955 bits per heavy atom. The molecule has 22 heavy (non-hydrogen) atoms. The van der Waals surface area contributed by atoms with Crippen LogP contribution in [-0.2, 0) is 0 Å². The van der Waals surface area contributed by atoms with E-state index in [1.54, 1.807) is 0 Å². The van der Waals surface area contributed by atoms with E-state index < -0.39 is 0 Å². The van der Waals surface area contributed by atoms with E-state index in [9.17, 15) is 10.2 Å². The molecule has 0 unspecified atom stereocenters. The third-order valence-corrected chi connectivity index (χ3v) is 4.49. The molecule has 0 spiro atoms. The van der Waals surface area contributed by atoms with E-state index in [0.717, 1.165) is 32.5 Å². The van der Waals surface area contributed by atoms with Crippen molar-refractivity contribution in [2.24, 2.45) is 5.92 Å². The molecule has 1 rings (SSSR count). The van der Waals surface area contributed by atoms with Gasteiger partial charge in [-0.25, -0.2) is 0 Å². The van der Waals surface area contributed by atoms with Crippen LogP contribution in [0.1, 0.15) is 85.0 Å². The molecule has 0 aromatic rings. The highest BCUT2D eigenvalue weighted by Crippen LogP contribution is 2.17. The first-order valence-electron chi connectivity index (χ1n) is 9.77. The van der Waals surface area contributed by atoms with Crippen molar-refractivity contribution in [3.8, 4) is 0 Å². The van der Waals surface area contributed by atoms with E-state index in [-0.39, 0.29) is 18.6 Å². The van der Waals surface area contributed by atoms with E-state index in [1.807, 2.05) is 13.8 Å². The molecule has 0 aromatic carbocycles. The lowest BCUT2D eigenvalue weighted by atomic mass is 10.0. The predicted octanol–water partition coefficient (Wildman–Crippen LogP) is 4.22. The third kappa shape index (κ3) is 11.4. The molecule has 2 atom stereocenters. The van der Waals surface area contributed by atoms with Crippen molar-refractivity contribution >= 4 is 0 Å². The zero-order chi connectivity index (χ0) is 16.6. The van der Waals surface area contributed by atoms with E-state index in [0.29, 0.717) is 0 Å². The van der Waals surface area contributed by atoms with Crippen LogP contribution < -0.4 is 0 Å². The second-order valence-electron chi connectivity index (χ2n) is 6.50. The summed E-state index contributed by atoms with van der Waals surface area (Å²) in [6.45, 7) is 9.57. The highest BCUT2D eigenvalue weighted by Gasteiger charge is 2.22. The van der Waals surface area contributed by atoms with Crippen molar-refractivity contribution in [1.82, 2.24) is 4.90 Å². The summed E-state index contributed by atoms with van der Waals surface area (Å²) in [7, 11) is 0. The fourth-order valence-corrected chi connectivity index (χ4v) is 3.17. The first-order chi connectivity index (χ1) is 10.8. The first kappa shape index (κ1) is 21.9. The maximum Gasteiger partial charge on any atom is 0.0556 e. The van der Waals surface area contributed by atoms with Crippen molar-refractivity contribution in [3.05, 3.63) is 0 Å². The van der Waals surface area contributed by atoms with E-state index in [1.165, 1.54) is 51.4 Å². The lowest BCUT2D eigenvalue weighted by molar-refractivity contribution is 0.122. The van der Waals surface area contributed by atoms with Crippen molar-refractivity contribution in [2.45, 2.75) is 91.1 Å². The second-order valence-corrected chi connectivity index (χ2v) is 6.50. The van der Waals surface area contributed by atoms with Gasteiger partial charge in [0.2, 0.25) is 0 Å². The van der Waals surface area contributed by atoms with Gasteiger partial charge in [-0.15, -0.1) is 0 Å². The Hall–Kier alpha value is -0.120. The van der Waals surface area contributed by atoms with Crippen LogP contribution in [0.4, 0.5) is 0 Å². The molecule has 0 bridgehead atoms. The van der Waals surface area contributed by atoms with E-state index in [2.05, 4.69) is 11.8 Å². The summed E-state index contributed by atoms with van der Waals surface area (Å²) in [6.07, 6.45) is 12.3. The standard InChI is InChI=1S/C17H35NO2.C2H6/c1-2-3-4-5-6-7-8-9-11-18-12-10-17(20)13-16(14-18)15-19;1-2/h16-17,19-20H,2-15H2,1H3;1-2H3/t16-,17-;/m0./s1. The molecule has 0 aliphatic carbocycles. The minimum atomic E-state index is -0.212. The molecule has 0 saturated carbocycles. The molecule has 1 aliphatic heterocycles. The summed E-state index contributed by atoms with van der Waals surface area (Å²) in [6, 6.07) is 0. The van der Waals surface area contributed by atoms with Gasteiger partial charge in [0.1, 0.15) is 0 Å². The van der Waals surface area contributed by atoms with Crippen LogP contribution in [0.2, 0.25) is 0 Å². The van der Waals surface area contributed by atoms with Crippen LogP contribution in [0.3, 0.4) is 0 Å². The lowest BCUT2D eigenvalue weighted by Crippen LogP contribution is -2.30. The minimum absolute atomic E-state index is 0.212. The highest BCUT2D eigenvalue weighted by molar-refractivity contribution is 4.75. The zero-order valence-electron chi connectivity index (χ0n) is 15.4. The quantitative estimate of drug-likeness (QED) is 0.593. The monoisotopic (exact) mass is 315 g/mol. The molecular weight excluding hydrogens is 274 g/mol. The zero-order valence-corrected chi connectivity index (χ0v) is 15.4. The molecule has 0 aromatic heterocycles. The number of nitrogens with zero attached hydrogens (tertiary/aromatic N) is 1. The van der Waals surface area contributed by atoms with E-state index >= 15 is 0 Å². The molecule has 3 nitrogen and oxygen atoms in total. The van der Waals surface area contributed by atoms with Crippen LogP contribution in [0.15, 0.2) is 0 Å². The first-order valence-corrected chi connectivity index (χ1v) is 9.77. The molecule has 0 radical (unpaired) electrons. The van der Waals surface area contributed by atoms with Crippen molar-refractivity contribution in [3.63, 3.8) is 0 Å². The second kappa shape index (κ2) is 15.8. The average Bonchev–Trinajstić information content (AvgIpc) is 2.73. The van der Waals surface area contributed by atoms with Gasteiger partial charge in [0.25, 0.3) is 0 Å². The number of aliphatic hydroxyl groups excluding tert-OH is 2. The van der Waals surface area contributed by atoms with Gasteiger partial charge in [-0.3, -0.25) is 0 Å². The maximum absolute atomic E-state index is 9.78. The molecule has 1 aliphatic rings. The summed E-state index contributed by atoms with van der Waals surface area (Å²) in [5.74, 6) is 0.265. The number of likely N-dealkylation sites (tertiary alicyclic amines) is 1. The number of hydrogen-bond donors (Lipinski definition) is 2. The maximum atomic E-state index is 9.78. The highest BCUT2D eigenvalue weighted by atomic mass is 16.3. The fourth-order valence-electron chi connectivity index (χ4n) is 3.17. The van der Waals surface area contributed by atoms with Crippen LogP contribution in [0, 0.1) is 5.92 Å². The Morgan fingerprint density at radius 2 is 1.55 bits per heavy atom. The van der Waals surface area contributed by atoms with Crippen LogP contribution >= 0.6 is 0 Å². The molecule has 1 heterocycles. The van der Waals surface area contributed by atoms with Crippen molar-refractivity contribution < 1.29 is 10.2 Å². The summed E-state index contributed by atoms with van der Waals surface area (Å²) in [4.78, 5) is 2.44. The fraction of sp³-hybridized carbons (Fsp3) is 1.00. The van der Waals surface area contributed by atoms with Gasteiger partial charge in [0, 0.05) is 19.7 Å². The molecular formula is C19H41NO2. The number of rotatable bonds is 10. The van der Waals surface area contributed by atoms with Gasteiger partial charge in [0.05, 0.1) is 6.10 Å². The number of unbranched alkanes of at least 4 members (excludes halogenated alkanes) is 7. The number of aliphatic hydroxyl groups is 2. The minimum Gasteiger partial charge on any atom is -0.396 e. The van der Waals surface area contributed by atoms with Crippen molar-refractivity contribution in [1.29, 1.82) is 0 Å². The molecule has 134 valence electrons. The van der Waals surface area contributed by atoms with Gasteiger partial charge in [-0.05, 0) is 31.7 Å².